The Hall–Kier alpha value is -3.11. The number of thiazole rings is 1. The predicted octanol–water partition coefficient (Wildman–Crippen LogP) is 0.809. The third kappa shape index (κ3) is 7.26. The van der Waals surface area contributed by atoms with E-state index in [4.69, 9.17) is 21.2 Å². The zero-order valence-electron chi connectivity index (χ0n) is 20.7. The molecular weight excluding hydrogens is 564 g/mol. The average Bonchev–Trinajstić information content (AvgIpc) is 3.29. The highest BCUT2D eigenvalue weighted by Crippen LogP contribution is 2.41. The van der Waals surface area contributed by atoms with Crippen LogP contribution in [0.3, 0.4) is 0 Å². The maximum absolute atomic E-state index is 13.1. The lowest BCUT2D eigenvalue weighted by Crippen LogP contribution is -2.74. The van der Waals surface area contributed by atoms with Crippen molar-refractivity contribution in [3.63, 3.8) is 0 Å². The number of aliphatic carboxylic acids is 1. The van der Waals surface area contributed by atoms with Crippen molar-refractivity contribution in [2.24, 2.45) is 5.16 Å². The standard InChI is InChI=1S/C21H27ClN6O8S2/c1-20(2,3)36-19(34)23-5-4-6-35-27-12(11-7-37-18(25-11)24-10-29)14(30)26-13-15(31)28-8-21(22,17(32)33)9-38-16(13)28/h7,10,13,16H,4-6,8-9H2,1-3H3,(H,23,34)(H,26,30)(H,32,33)(H,24,25,29)/t13?,16-,21?/m1/s1. The summed E-state index contributed by atoms with van der Waals surface area (Å²) < 4.78 is 5.14. The number of aromatic nitrogens is 1. The summed E-state index contributed by atoms with van der Waals surface area (Å²) >= 11 is 8.32. The van der Waals surface area contributed by atoms with Gasteiger partial charge in [-0.3, -0.25) is 19.2 Å². The van der Waals surface area contributed by atoms with Crippen molar-refractivity contribution in [2.75, 3.05) is 30.8 Å². The number of carboxylic acid groups (broad SMARTS) is 1. The lowest BCUT2D eigenvalue weighted by molar-refractivity contribution is -0.151. The number of rotatable bonds is 11. The quantitative estimate of drug-likeness (QED) is 0.0716. The van der Waals surface area contributed by atoms with E-state index < -0.39 is 45.8 Å². The second-order valence-corrected chi connectivity index (χ2v) is 11.9. The molecule has 1 aromatic rings. The SMILES string of the molecule is CC(C)(C)OC(=O)NCCCON=C(C(=O)NC1C(=O)N2CC(Cl)(C(=O)O)CS[C@H]12)c1csc(NC=O)n1. The topological polar surface area (TPSA) is 189 Å². The summed E-state index contributed by atoms with van der Waals surface area (Å²) in [6, 6.07) is -0.919. The molecule has 0 bridgehead atoms. The molecule has 38 heavy (non-hydrogen) atoms. The fourth-order valence-corrected chi connectivity index (χ4v) is 5.70. The molecular formula is C21H27ClN6O8S2. The van der Waals surface area contributed by atoms with Crippen LogP contribution in [0.4, 0.5) is 9.93 Å². The van der Waals surface area contributed by atoms with Gasteiger partial charge in [0.1, 0.15) is 29.3 Å². The minimum absolute atomic E-state index is 0.0395. The molecule has 0 saturated carbocycles. The first-order valence-electron chi connectivity index (χ1n) is 11.3. The second kappa shape index (κ2) is 12.2. The third-order valence-electron chi connectivity index (χ3n) is 5.10. The van der Waals surface area contributed by atoms with Crippen LogP contribution in [0.5, 0.6) is 0 Å². The molecule has 2 fully saturated rings. The summed E-state index contributed by atoms with van der Waals surface area (Å²) in [6.07, 6.45) is 0.211. The molecule has 208 valence electrons. The number of halogens is 1. The van der Waals surface area contributed by atoms with Crippen LogP contribution in [0, 0.1) is 0 Å². The Morgan fingerprint density at radius 2 is 2.13 bits per heavy atom. The van der Waals surface area contributed by atoms with E-state index in [0.29, 0.717) is 12.8 Å². The highest BCUT2D eigenvalue weighted by molar-refractivity contribution is 8.00. The Morgan fingerprint density at radius 1 is 1.39 bits per heavy atom. The molecule has 0 spiro atoms. The predicted molar refractivity (Wildman–Crippen MR) is 139 cm³/mol. The van der Waals surface area contributed by atoms with Gasteiger partial charge in [0.2, 0.25) is 12.3 Å². The summed E-state index contributed by atoms with van der Waals surface area (Å²) in [7, 11) is 0. The highest BCUT2D eigenvalue weighted by atomic mass is 35.5. The molecule has 2 aliphatic heterocycles. The van der Waals surface area contributed by atoms with Gasteiger partial charge in [-0.15, -0.1) is 34.7 Å². The monoisotopic (exact) mass is 590 g/mol. The number of oxime groups is 1. The smallest absolute Gasteiger partial charge is 0.407 e. The first-order chi connectivity index (χ1) is 17.8. The van der Waals surface area contributed by atoms with Gasteiger partial charge in [0.25, 0.3) is 5.91 Å². The Balaban J connectivity index is 1.61. The molecule has 17 heteroatoms. The molecule has 3 rings (SSSR count). The Kier molecular flexibility index (Phi) is 9.43. The second-order valence-electron chi connectivity index (χ2n) is 9.24. The molecule has 14 nitrogen and oxygen atoms in total. The van der Waals surface area contributed by atoms with Crippen molar-refractivity contribution in [3.8, 4) is 0 Å². The zero-order chi connectivity index (χ0) is 28.1. The van der Waals surface area contributed by atoms with Gasteiger partial charge in [0, 0.05) is 24.1 Å². The minimum Gasteiger partial charge on any atom is -0.480 e. The van der Waals surface area contributed by atoms with E-state index in [-0.39, 0.29) is 42.0 Å². The minimum atomic E-state index is -1.59. The maximum Gasteiger partial charge on any atom is 0.407 e. The molecule has 0 aliphatic carbocycles. The van der Waals surface area contributed by atoms with Gasteiger partial charge in [-0.05, 0) is 20.8 Å². The zero-order valence-corrected chi connectivity index (χ0v) is 23.1. The number of alkyl halides is 1. The summed E-state index contributed by atoms with van der Waals surface area (Å²) in [5.41, 5.74) is -0.754. The molecule has 4 amide bonds. The van der Waals surface area contributed by atoms with Crippen LogP contribution in [0.1, 0.15) is 32.9 Å². The van der Waals surface area contributed by atoms with Gasteiger partial charge >= 0.3 is 12.1 Å². The Bertz CT molecular complexity index is 1130. The van der Waals surface area contributed by atoms with Crippen LogP contribution in [-0.4, -0.2) is 98.3 Å². The fourth-order valence-electron chi connectivity index (χ4n) is 3.34. The number of carbonyl (C=O) groups excluding carboxylic acids is 4. The van der Waals surface area contributed by atoms with E-state index in [2.05, 4.69) is 26.1 Å². The van der Waals surface area contributed by atoms with E-state index >= 15 is 0 Å². The number of nitrogens with zero attached hydrogens (tertiary/aromatic N) is 3. The molecule has 0 aromatic carbocycles. The first kappa shape index (κ1) is 29.4. The summed E-state index contributed by atoms with van der Waals surface area (Å²) in [5.74, 6) is -2.39. The lowest BCUT2D eigenvalue weighted by atomic mass is 10.0. The van der Waals surface area contributed by atoms with Crippen molar-refractivity contribution in [1.29, 1.82) is 0 Å². The van der Waals surface area contributed by atoms with E-state index in [9.17, 15) is 29.1 Å². The average molecular weight is 591 g/mol. The number of alkyl carbamates (subject to hydrolysis) is 1. The number of nitrogens with one attached hydrogen (secondary N) is 3. The molecule has 4 N–H and O–H groups in total. The number of hydrogen-bond donors (Lipinski definition) is 4. The number of carbonyl (C=O) groups is 5. The number of amides is 4. The van der Waals surface area contributed by atoms with E-state index in [1.807, 2.05) is 0 Å². The fraction of sp³-hybridized carbons (Fsp3) is 0.571. The number of fused-ring (bicyclic) bond motifs is 1. The lowest BCUT2D eigenvalue weighted by Gasteiger charge is -2.52. The molecule has 1 aromatic heterocycles. The van der Waals surface area contributed by atoms with Crippen LogP contribution in [0.2, 0.25) is 0 Å². The Morgan fingerprint density at radius 3 is 2.79 bits per heavy atom. The van der Waals surface area contributed by atoms with E-state index in [1.54, 1.807) is 20.8 Å². The molecule has 3 atom stereocenters. The third-order valence-corrected chi connectivity index (χ3v) is 7.97. The van der Waals surface area contributed by atoms with Crippen molar-refractivity contribution >= 4 is 75.8 Å². The maximum atomic E-state index is 13.1. The van der Waals surface area contributed by atoms with Crippen molar-refractivity contribution in [2.45, 2.75) is 49.1 Å². The van der Waals surface area contributed by atoms with Crippen LogP contribution < -0.4 is 16.0 Å². The molecule has 3 heterocycles. The van der Waals surface area contributed by atoms with Gasteiger partial charge in [-0.2, -0.15) is 0 Å². The number of ether oxygens (including phenoxy) is 1. The summed E-state index contributed by atoms with van der Waals surface area (Å²) in [6.45, 7) is 5.33. The van der Waals surface area contributed by atoms with Crippen molar-refractivity contribution in [3.05, 3.63) is 11.1 Å². The highest BCUT2D eigenvalue weighted by Gasteiger charge is 2.57. The number of carboxylic acids is 1. The van der Waals surface area contributed by atoms with Crippen LogP contribution in [-0.2, 0) is 28.8 Å². The summed E-state index contributed by atoms with van der Waals surface area (Å²) in [5, 5.41) is 22.0. The van der Waals surface area contributed by atoms with Crippen LogP contribution in [0.25, 0.3) is 0 Å². The largest absolute Gasteiger partial charge is 0.480 e. The summed E-state index contributed by atoms with van der Waals surface area (Å²) in [4.78, 5) is 68.7. The van der Waals surface area contributed by atoms with Gasteiger partial charge in [-0.25, -0.2) is 9.78 Å². The number of β-lactam (4-membered cyclic amide) rings is 1. The van der Waals surface area contributed by atoms with E-state index in [0.717, 1.165) is 23.1 Å². The van der Waals surface area contributed by atoms with Gasteiger partial charge < -0.3 is 35.5 Å². The first-order valence-corrected chi connectivity index (χ1v) is 13.6. The molecule has 0 radical (unpaired) electrons. The van der Waals surface area contributed by atoms with Gasteiger partial charge in [0.05, 0.1) is 6.54 Å². The molecule has 2 saturated heterocycles. The van der Waals surface area contributed by atoms with Gasteiger partial charge in [-0.1, -0.05) is 5.16 Å². The van der Waals surface area contributed by atoms with Crippen LogP contribution >= 0.6 is 34.7 Å². The van der Waals surface area contributed by atoms with Crippen molar-refractivity contribution in [1.82, 2.24) is 20.5 Å². The number of thioether (sulfide) groups is 1. The van der Waals surface area contributed by atoms with Crippen molar-refractivity contribution < 1.29 is 38.7 Å². The molecule has 2 aliphatic rings. The van der Waals surface area contributed by atoms with Gasteiger partial charge in [0.15, 0.2) is 15.7 Å². The molecule has 2 unspecified atom stereocenters. The number of anilines is 1. The van der Waals surface area contributed by atoms with E-state index in [1.165, 1.54) is 10.3 Å². The normalized spacial score (nSPS) is 23.0. The van der Waals surface area contributed by atoms with Crippen LogP contribution in [0.15, 0.2) is 10.5 Å². The number of hydrogen-bond acceptors (Lipinski definition) is 11. The Labute approximate surface area is 230 Å².